The molecule has 5 heteroatoms. The molecule has 0 unspecified atom stereocenters. The molecule has 0 amide bonds. The maximum atomic E-state index is 12.3. The Hall–Kier alpha value is -1.85. The van der Waals surface area contributed by atoms with Gasteiger partial charge in [-0.25, -0.2) is 13.1 Å². The lowest BCUT2D eigenvalue weighted by molar-refractivity contribution is 0.322. The molecule has 0 spiro atoms. The van der Waals surface area contributed by atoms with Crippen LogP contribution in [0.1, 0.15) is 23.6 Å². The second-order valence-electron chi connectivity index (χ2n) is 5.51. The Labute approximate surface area is 138 Å². The fraction of sp³-hybridized carbons (Fsp3) is 0.333. The summed E-state index contributed by atoms with van der Waals surface area (Å²) in [7, 11) is -3.50. The summed E-state index contributed by atoms with van der Waals surface area (Å²) in [4.78, 5) is 0.315. The molecule has 0 aliphatic carbocycles. The van der Waals surface area contributed by atoms with Crippen molar-refractivity contribution in [1.29, 1.82) is 0 Å². The zero-order valence-electron chi connectivity index (χ0n) is 13.8. The molecule has 0 saturated carbocycles. The lowest BCUT2D eigenvalue weighted by Crippen LogP contribution is -2.28. The number of benzene rings is 2. The van der Waals surface area contributed by atoms with Crippen LogP contribution in [0.5, 0.6) is 5.75 Å². The van der Waals surface area contributed by atoms with Gasteiger partial charge in [0.05, 0.1) is 4.90 Å². The van der Waals surface area contributed by atoms with Gasteiger partial charge >= 0.3 is 0 Å². The highest BCUT2D eigenvalue weighted by Gasteiger charge is 2.15. The molecule has 124 valence electrons. The number of sulfonamides is 1. The molecule has 23 heavy (non-hydrogen) atoms. The topological polar surface area (TPSA) is 55.4 Å². The van der Waals surface area contributed by atoms with E-state index in [1.54, 1.807) is 19.1 Å². The van der Waals surface area contributed by atoms with Gasteiger partial charge in [-0.1, -0.05) is 36.8 Å². The van der Waals surface area contributed by atoms with Gasteiger partial charge in [-0.15, -0.1) is 0 Å². The highest BCUT2D eigenvalue weighted by molar-refractivity contribution is 7.89. The van der Waals surface area contributed by atoms with Crippen molar-refractivity contribution in [2.24, 2.45) is 0 Å². The first-order chi connectivity index (χ1) is 10.9. The molecular formula is C18H23NO3S. The average molecular weight is 333 g/mol. The van der Waals surface area contributed by atoms with Crippen LogP contribution in [0.15, 0.2) is 47.4 Å². The molecule has 0 aromatic heterocycles. The van der Waals surface area contributed by atoms with E-state index in [4.69, 9.17) is 4.74 Å². The summed E-state index contributed by atoms with van der Waals surface area (Å²) in [6.07, 6.45) is 0.982. The monoisotopic (exact) mass is 333 g/mol. The minimum Gasteiger partial charge on any atom is -0.492 e. The SMILES string of the molecule is CCc1ccc(OCCNS(=O)(=O)c2ccc(C)cc2C)cc1. The average Bonchev–Trinajstić information content (AvgIpc) is 2.52. The van der Waals surface area contributed by atoms with Gasteiger partial charge < -0.3 is 4.74 Å². The minimum atomic E-state index is -3.50. The molecule has 0 radical (unpaired) electrons. The van der Waals surface area contributed by atoms with Crippen molar-refractivity contribution >= 4 is 10.0 Å². The van der Waals surface area contributed by atoms with Crippen molar-refractivity contribution in [3.63, 3.8) is 0 Å². The van der Waals surface area contributed by atoms with Crippen LogP contribution < -0.4 is 9.46 Å². The van der Waals surface area contributed by atoms with E-state index in [-0.39, 0.29) is 13.2 Å². The van der Waals surface area contributed by atoms with Gasteiger partial charge in [-0.3, -0.25) is 0 Å². The second kappa shape index (κ2) is 7.62. The van der Waals surface area contributed by atoms with Crippen LogP contribution >= 0.6 is 0 Å². The van der Waals surface area contributed by atoms with Gasteiger partial charge in [0.2, 0.25) is 10.0 Å². The molecule has 2 aromatic carbocycles. The molecule has 0 atom stereocenters. The fourth-order valence-corrected chi connectivity index (χ4v) is 3.58. The van der Waals surface area contributed by atoms with Crippen LogP contribution in [-0.2, 0) is 16.4 Å². The van der Waals surface area contributed by atoms with Crippen molar-refractivity contribution in [1.82, 2.24) is 4.72 Å². The predicted molar refractivity (Wildman–Crippen MR) is 92.4 cm³/mol. The van der Waals surface area contributed by atoms with Gasteiger partial charge in [0.25, 0.3) is 0 Å². The van der Waals surface area contributed by atoms with E-state index in [9.17, 15) is 8.42 Å². The van der Waals surface area contributed by atoms with Crippen LogP contribution in [0, 0.1) is 13.8 Å². The predicted octanol–water partition coefficient (Wildman–Crippen LogP) is 3.22. The van der Waals surface area contributed by atoms with Crippen LogP contribution in [0.25, 0.3) is 0 Å². The minimum absolute atomic E-state index is 0.227. The highest BCUT2D eigenvalue weighted by Crippen LogP contribution is 2.16. The quantitative estimate of drug-likeness (QED) is 0.792. The normalized spacial score (nSPS) is 11.4. The van der Waals surface area contributed by atoms with E-state index in [1.807, 2.05) is 37.3 Å². The molecule has 0 aliphatic heterocycles. The summed E-state index contributed by atoms with van der Waals surface area (Å²) >= 11 is 0. The van der Waals surface area contributed by atoms with Crippen LogP contribution in [0.3, 0.4) is 0 Å². The first-order valence-electron chi connectivity index (χ1n) is 7.71. The van der Waals surface area contributed by atoms with E-state index in [0.717, 1.165) is 23.3 Å². The van der Waals surface area contributed by atoms with Crippen molar-refractivity contribution in [2.45, 2.75) is 32.1 Å². The third-order valence-electron chi connectivity index (χ3n) is 3.61. The summed E-state index contributed by atoms with van der Waals surface area (Å²) < 4.78 is 32.7. The summed E-state index contributed by atoms with van der Waals surface area (Å²) in [6, 6.07) is 13.1. The van der Waals surface area contributed by atoms with Crippen LogP contribution in [0.2, 0.25) is 0 Å². The third kappa shape index (κ3) is 4.81. The number of rotatable bonds is 7. The molecular weight excluding hydrogens is 310 g/mol. The fourth-order valence-electron chi connectivity index (χ4n) is 2.34. The van der Waals surface area contributed by atoms with Gasteiger partial charge in [0.1, 0.15) is 12.4 Å². The number of ether oxygens (including phenoxy) is 1. The first-order valence-corrected chi connectivity index (χ1v) is 9.19. The molecule has 0 bridgehead atoms. The summed E-state index contributed by atoms with van der Waals surface area (Å²) in [6.45, 7) is 6.35. The Morgan fingerprint density at radius 3 is 2.35 bits per heavy atom. The van der Waals surface area contributed by atoms with Gasteiger partial charge in [-0.05, 0) is 49.6 Å². The molecule has 0 saturated heterocycles. The largest absolute Gasteiger partial charge is 0.492 e. The molecule has 2 aromatic rings. The van der Waals surface area contributed by atoms with Gasteiger partial charge in [0.15, 0.2) is 0 Å². The van der Waals surface area contributed by atoms with Gasteiger partial charge in [0, 0.05) is 6.54 Å². The van der Waals surface area contributed by atoms with Crippen LogP contribution in [-0.4, -0.2) is 21.6 Å². The molecule has 4 nitrogen and oxygen atoms in total. The van der Waals surface area contributed by atoms with E-state index in [0.29, 0.717) is 4.90 Å². The van der Waals surface area contributed by atoms with E-state index < -0.39 is 10.0 Å². The smallest absolute Gasteiger partial charge is 0.240 e. The number of hydrogen-bond donors (Lipinski definition) is 1. The Balaban J connectivity index is 1.89. The van der Waals surface area contributed by atoms with Crippen molar-refractivity contribution in [3.05, 3.63) is 59.2 Å². The van der Waals surface area contributed by atoms with Crippen LogP contribution in [0.4, 0.5) is 0 Å². The Morgan fingerprint density at radius 1 is 1.04 bits per heavy atom. The summed E-state index contributed by atoms with van der Waals surface area (Å²) in [5, 5.41) is 0. The Kier molecular flexibility index (Phi) is 5.80. The lowest BCUT2D eigenvalue weighted by Gasteiger charge is -2.11. The highest BCUT2D eigenvalue weighted by atomic mass is 32.2. The molecule has 0 aliphatic rings. The molecule has 0 heterocycles. The number of nitrogens with one attached hydrogen (secondary N) is 1. The Bertz CT molecular complexity index is 752. The Morgan fingerprint density at radius 2 is 1.74 bits per heavy atom. The van der Waals surface area contributed by atoms with E-state index >= 15 is 0 Å². The number of hydrogen-bond acceptors (Lipinski definition) is 3. The molecule has 0 fully saturated rings. The third-order valence-corrected chi connectivity index (χ3v) is 5.24. The standard InChI is InChI=1S/C18H23NO3S/c1-4-16-6-8-17(9-7-16)22-12-11-19-23(20,21)18-10-5-14(2)13-15(18)3/h5-10,13,19H,4,11-12H2,1-3H3. The van der Waals surface area contributed by atoms with Crippen molar-refractivity contribution in [3.8, 4) is 5.75 Å². The maximum Gasteiger partial charge on any atom is 0.240 e. The number of aryl methyl sites for hydroxylation is 3. The van der Waals surface area contributed by atoms with E-state index in [2.05, 4.69) is 11.6 Å². The molecule has 2 rings (SSSR count). The summed E-state index contributed by atoms with van der Waals surface area (Å²) in [5.74, 6) is 0.743. The summed E-state index contributed by atoms with van der Waals surface area (Å²) in [5.41, 5.74) is 3.03. The van der Waals surface area contributed by atoms with E-state index in [1.165, 1.54) is 5.56 Å². The lowest BCUT2D eigenvalue weighted by atomic mass is 10.2. The first kappa shape index (κ1) is 17.5. The zero-order chi connectivity index (χ0) is 16.9. The molecule has 1 N–H and O–H groups in total. The second-order valence-corrected chi connectivity index (χ2v) is 7.25. The van der Waals surface area contributed by atoms with Crippen molar-refractivity contribution < 1.29 is 13.2 Å². The van der Waals surface area contributed by atoms with Gasteiger partial charge in [-0.2, -0.15) is 0 Å². The zero-order valence-corrected chi connectivity index (χ0v) is 14.6. The van der Waals surface area contributed by atoms with Crippen molar-refractivity contribution in [2.75, 3.05) is 13.2 Å². The maximum absolute atomic E-state index is 12.3.